The minimum Gasteiger partial charge on any atom is -0.330 e. The van der Waals surface area contributed by atoms with Crippen molar-refractivity contribution in [2.45, 2.75) is 44.8 Å². The Balaban J connectivity index is 1.99. The van der Waals surface area contributed by atoms with E-state index in [0.717, 1.165) is 6.54 Å². The zero-order chi connectivity index (χ0) is 10.9. The summed E-state index contributed by atoms with van der Waals surface area (Å²) in [6.07, 6.45) is 11.8. The van der Waals surface area contributed by atoms with Gasteiger partial charge >= 0.3 is 0 Å². The van der Waals surface area contributed by atoms with Crippen molar-refractivity contribution in [3.8, 4) is 12.3 Å². The first-order valence-electron chi connectivity index (χ1n) is 5.36. The molecule has 0 aliphatic heterocycles. The number of nitrogens with zero attached hydrogens (tertiary/aromatic N) is 2. The van der Waals surface area contributed by atoms with Crippen LogP contribution in [0.5, 0.6) is 0 Å². The second kappa shape index (κ2) is 3.71. The predicted octanol–water partition coefficient (Wildman–Crippen LogP) is 1.72. The van der Waals surface area contributed by atoms with Gasteiger partial charge < -0.3 is 4.57 Å². The summed E-state index contributed by atoms with van der Waals surface area (Å²) in [7, 11) is 0. The molecule has 0 radical (unpaired) electrons. The summed E-state index contributed by atoms with van der Waals surface area (Å²) in [4.78, 5) is 4.18. The van der Waals surface area contributed by atoms with E-state index in [1.807, 2.05) is 26.4 Å². The minimum atomic E-state index is -0.251. The molecule has 2 rings (SSSR count). The van der Waals surface area contributed by atoms with E-state index in [4.69, 9.17) is 6.42 Å². The lowest BCUT2D eigenvalue weighted by molar-refractivity contribution is 0.477. The summed E-state index contributed by atoms with van der Waals surface area (Å²) < 4.78 is 2.25. The maximum atomic E-state index is 5.42. The van der Waals surface area contributed by atoms with Crippen molar-refractivity contribution in [1.82, 2.24) is 14.9 Å². The van der Waals surface area contributed by atoms with Crippen molar-refractivity contribution in [2.24, 2.45) is 0 Å². The van der Waals surface area contributed by atoms with E-state index < -0.39 is 0 Å². The van der Waals surface area contributed by atoms with Crippen LogP contribution in [0.1, 0.15) is 38.4 Å². The number of hydrogen-bond donors (Lipinski definition) is 1. The summed E-state index contributed by atoms with van der Waals surface area (Å²) >= 11 is 0. The lowest BCUT2D eigenvalue weighted by atomic mass is 10.1. The molecule has 1 aromatic rings. The smallest absolute Gasteiger partial charge is 0.0951 e. The summed E-state index contributed by atoms with van der Waals surface area (Å²) in [5.41, 5.74) is 0.972. The van der Waals surface area contributed by atoms with Crippen LogP contribution < -0.4 is 5.32 Å². The Morgan fingerprint density at radius 1 is 1.67 bits per heavy atom. The Labute approximate surface area is 90.9 Å². The Kier molecular flexibility index (Phi) is 2.54. The normalized spacial score (nSPS) is 16.3. The van der Waals surface area contributed by atoms with Crippen molar-refractivity contribution in [2.75, 3.05) is 0 Å². The van der Waals surface area contributed by atoms with E-state index in [-0.39, 0.29) is 5.54 Å². The molecule has 1 saturated carbocycles. The SMILES string of the molecule is C#CC(C)(C)NCc1cncn1C1CC1. The number of imidazole rings is 1. The van der Waals surface area contributed by atoms with Crippen molar-refractivity contribution < 1.29 is 0 Å². The Bertz CT molecular complexity index is 380. The zero-order valence-corrected chi connectivity index (χ0v) is 9.33. The number of rotatable bonds is 4. The third kappa shape index (κ3) is 2.40. The third-order valence-corrected chi connectivity index (χ3v) is 2.76. The van der Waals surface area contributed by atoms with Gasteiger partial charge in [-0.1, -0.05) is 5.92 Å². The molecule has 0 amide bonds. The molecular weight excluding hydrogens is 186 g/mol. The van der Waals surface area contributed by atoms with Crippen molar-refractivity contribution in [3.05, 3.63) is 18.2 Å². The van der Waals surface area contributed by atoms with Gasteiger partial charge in [-0.25, -0.2) is 4.98 Å². The van der Waals surface area contributed by atoms with Gasteiger partial charge in [0.15, 0.2) is 0 Å². The largest absolute Gasteiger partial charge is 0.330 e. The average Bonchev–Trinajstić information content (AvgIpc) is 2.95. The highest BCUT2D eigenvalue weighted by atomic mass is 15.1. The molecule has 0 aromatic carbocycles. The van der Waals surface area contributed by atoms with E-state index in [2.05, 4.69) is 20.8 Å². The standard InChI is InChI=1S/C12H17N3/c1-4-12(2,3)14-8-11-7-13-9-15(11)10-5-6-10/h1,7,9-10,14H,5-6,8H2,2-3H3. The van der Waals surface area contributed by atoms with Gasteiger partial charge in [-0.3, -0.25) is 5.32 Å². The highest BCUT2D eigenvalue weighted by Gasteiger charge is 2.25. The monoisotopic (exact) mass is 203 g/mol. The molecule has 0 spiro atoms. The quantitative estimate of drug-likeness (QED) is 0.755. The molecule has 1 heterocycles. The number of nitrogens with one attached hydrogen (secondary N) is 1. The number of aromatic nitrogens is 2. The highest BCUT2D eigenvalue weighted by Crippen LogP contribution is 2.35. The van der Waals surface area contributed by atoms with E-state index in [9.17, 15) is 0 Å². The average molecular weight is 203 g/mol. The Morgan fingerprint density at radius 3 is 3.00 bits per heavy atom. The molecule has 1 aromatic heterocycles. The van der Waals surface area contributed by atoms with E-state index in [1.165, 1.54) is 18.5 Å². The van der Waals surface area contributed by atoms with E-state index in [0.29, 0.717) is 6.04 Å². The van der Waals surface area contributed by atoms with Crippen LogP contribution >= 0.6 is 0 Å². The van der Waals surface area contributed by atoms with Crippen LogP contribution in [0.2, 0.25) is 0 Å². The lowest BCUT2D eigenvalue weighted by Gasteiger charge is -2.19. The van der Waals surface area contributed by atoms with Gasteiger partial charge in [0.25, 0.3) is 0 Å². The molecule has 1 aliphatic carbocycles. The van der Waals surface area contributed by atoms with Crippen molar-refractivity contribution in [1.29, 1.82) is 0 Å². The van der Waals surface area contributed by atoms with Crippen LogP contribution in [-0.4, -0.2) is 15.1 Å². The van der Waals surface area contributed by atoms with Crippen LogP contribution in [0.4, 0.5) is 0 Å². The van der Waals surface area contributed by atoms with Crippen LogP contribution in [0.3, 0.4) is 0 Å². The molecule has 80 valence electrons. The minimum absolute atomic E-state index is 0.251. The Morgan fingerprint density at radius 2 is 2.40 bits per heavy atom. The maximum Gasteiger partial charge on any atom is 0.0951 e. The van der Waals surface area contributed by atoms with E-state index >= 15 is 0 Å². The second-order valence-electron chi connectivity index (χ2n) is 4.65. The van der Waals surface area contributed by atoms with Crippen molar-refractivity contribution >= 4 is 0 Å². The van der Waals surface area contributed by atoms with Gasteiger partial charge in [0.05, 0.1) is 17.6 Å². The summed E-state index contributed by atoms with van der Waals surface area (Å²) in [5, 5.41) is 3.34. The van der Waals surface area contributed by atoms with Gasteiger partial charge in [-0.15, -0.1) is 6.42 Å². The molecule has 1 fully saturated rings. The lowest BCUT2D eigenvalue weighted by Crippen LogP contribution is -2.37. The fourth-order valence-corrected chi connectivity index (χ4v) is 1.51. The molecule has 3 heteroatoms. The zero-order valence-electron chi connectivity index (χ0n) is 9.33. The number of hydrogen-bond acceptors (Lipinski definition) is 2. The number of terminal acetylenes is 1. The van der Waals surface area contributed by atoms with Crippen LogP contribution in [0.15, 0.2) is 12.5 Å². The first kappa shape index (κ1) is 10.3. The van der Waals surface area contributed by atoms with Gasteiger partial charge in [0.2, 0.25) is 0 Å². The third-order valence-electron chi connectivity index (χ3n) is 2.76. The van der Waals surface area contributed by atoms with Gasteiger partial charge in [-0.05, 0) is 26.7 Å². The van der Waals surface area contributed by atoms with Crippen LogP contribution in [0, 0.1) is 12.3 Å². The molecule has 0 atom stereocenters. The molecule has 3 nitrogen and oxygen atoms in total. The van der Waals surface area contributed by atoms with Crippen LogP contribution in [-0.2, 0) is 6.54 Å². The van der Waals surface area contributed by atoms with Gasteiger partial charge in [0.1, 0.15) is 0 Å². The molecule has 0 unspecified atom stereocenters. The molecule has 1 N–H and O–H groups in total. The first-order chi connectivity index (χ1) is 7.12. The second-order valence-corrected chi connectivity index (χ2v) is 4.65. The molecular formula is C12H17N3. The molecule has 1 aliphatic rings. The Hall–Kier alpha value is -1.27. The van der Waals surface area contributed by atoms with Crippen LogP contribution in [0.25, 0.3) is 0 Å². The highest BCUT2D eigenvalue weighted by molar-refractivity contribution is 5.10. The molecule has 0 bridgehead atoms. The molecule has 15 heavy (non-hydrogen) atoms. The summed E-state index contributed by atoms with van der Waals surface area (Å²) in [6.45, 7) is 4.80. The fourth-order valence-electron chi connectivity index (χ4n) is 1.51. The van der Waals surface area contributed by atoms with Crippen molar-refractivity contribution in [3.63, 3.8) is 0 Å². The van der Waals surface area contributed by atoms with E-state index in [1.54, 1.807) is 0 Å². The maximum absolute atomic E-state index is 5.42. The molecule has 0 saturated heterocycles. The fraction of sp³-hybridized carbons (Fsp3) is 0.583. The topological polar surface area (TPSA) is 29.9 Å². The summed E-state index contributed by atoms with van der Waals surface area (Å²) in [6, 6.07) is 0.679. The predicted molar refractivity (Wildman–Crippen MR) is 60.2 cm³/mol. The summed E-state index contributed by atoms with van der Waals surface area (Å²) in [5.74, 6) is 2.73. The van der Waals surface area contributed by atoms with Gasteiger partial charge in [0, 0.05) is 18.8 Å². The van der Waals surface area contributed by atoms with Gasteiger partial charge in [-0.2, -0.15) is 0 Å². The first-order valence-corrected chi connectivity index (χ1v) is 5.36.